The van der Waals surface area contributed by atoms with E-state index in [1.54, 1.807) is 0 Å². The van der Waals surface area contributed by atoms with Crippen molar-refractivity contribution in [1.82, 2.24) is 0 Å². The summed E-state index contributed by atoms with van der Waals surface area (Å²) < 4.78 is 0. The Balaban J connectivity index is 2.85. The average molecular weight is 182 g/mol. The van der Waals surface area contributed by atoms with Gasteiger partial charge < -0.3 is 0 Å². The first-order valence-electron chi connectivity index (χ1n) is 5.98. The first kappa shape index (κ1) is 11.1. The minimum Gasteiger partial charge on any atom is -0.0648 e. The highest BCUT2D eigenvalue weighted by atomic mass is 14.5. The Kier molecular flexibility index (Phi) is 3.09. The van der Waals surface area contributed by atoms with Crippen molar-refractivity contribution in [1.29, 1.82) is 0 Å². The van der Waals surface area contributed by atoms with E-state index >= 15 is 0 Å². The van der Waals surface area contributed by atoms with E-state index in [-0.39, 0.29) is 0 Å². The zero-order chi connectivity index (χ0) is 10.1. The molecule has 1 saturated carbocycles. The summed E-state index contributed by atoms with van der Waals surface area (Å²) in [5.74, 6) is 0.892. The molecule has 0 heterocycles. The van der Waals surface area contributed by atoms with Gasteiger partial charge in [0.05, 0.1) is 0 Å². The molecule has 0 saturated heterocycles. The van der Waals surface area contributed by atoms with E-state index in [9.17, 15) is 0 Å². The van der Waals surface area contributed by atoms with Crippen LogP contribution < -0.4 is 0 Å². The molecule has 0 nitrogen and oxygen atoms in total. The summed E-state index contributed by atoms with van der Waals surface area (Å²) in [5, 5.41) is 0. The number of rotatable bonds is 2. The Morgan fingerprint density at radius 2 is 1.62 bits per heavy atom. The average Bonchev–Trinajstić information content (AvgIpc) is 2.10. The second-order valence-electron chi connectivity index (χ2n) is 5.63. The summed E-state index contributed by atoms with van der Waals surface area (Å²) in [6, 6.07) is 0. The fourth-order valence-corrected chi connectivity index (χ4v) is 3.37. The van der Waals surface area contributed by atoms with E-state index in [4.69, 9.17) is 0 Å². The minimum absolute atomic E-state index is 0.574. The number of hydrogen-bond acceptors (Lipinski definition) is 0. The molecular formula is C13H26. The predicted molar refractivity (Wildman–Crippen MR) is 59.8 cm³/mol. The smallest absolute Gasteiger partial charge is 0.0272 e. The molecule has 0 spiro atoms. The number of hydrogen-bond donors (Lipinski definition) is 0. The van der Waals surface area contributed by atoms with Gasteiger partial charge in [0.2, 0.25) is 0 Å². The van der Waals surface area contributed by atoms with Gasteiger partial charge in [-0.3, -0.25) is 0 Å². The fraction of sp³-hybridized carbons (Fsp3) is 1.00. The maximum Gasteiger partial charge on any atom is -0.0272 e. The maximum atomic E-state index is 2.48. The SMILES string of the molecule is CCC1(CC)CCCC(C)(C)C1C. The third-order valence-corrected chi connectivity index (χ3v) is 4.99. The van der Waals surface area contributed by atoms with E-state index in [1.165, 1.54) is 32.1 Å². The Bertz CT molecular complexity index is 163. The van der Waals surface area contributed by atoms with Gasteiger partial charge in [0.1, 0.15) is 0 Å². The highest BCUT2D eigenvalue weighted by Gasteiger charge is 2.44. The van der Waals surface area contributed by atoms with Crippen LogP contribution in [0.1, 0.15) is 66.7 Å². The highest BCUT2D eigenvalue weighted by molar-refractivity contribution is 4.94. The van der Waals surface area contributed by atoms with E-state index in [2.05, 4.69) is 34.6 Å². The summed E-state index contributed by atoms with van der Waals surface area (Å²) in [6.45, 7) is 12.1. The lowest BCUT2D eigenvalue weighted by molar-refractivity contribution is -0.00551. The van der Waals surface area contributed by atoms with Crippen molar-refractivity contribution in [2.24, 2.45) is 16.7 Å². The molecule has 1 rings (SSSR count). The quantitative estimate of drug-likeness (QED) is 0.583. The van der Waals surface area contributed by atoms with Crippen LogP contribution >= 0.6 is 0 Å². The standard InChI is InChI=1S/C13H26/c1-6-13(7-2)10-8-9-12(4,5)11(13)3/h11H,6-10H2,1-5H3. The lowest BCUT2D eigenvalue weighted by atomic mass is 9.54. The van der Waals surface area contributed by atoms with Crippen LogP contribution in [0.25, 0.3) is 0 Å². The third kappa shape index (κ3) is 1.78. The Morgan fingerprint density at radius 1 is 1.08 bits per heavy atom. The van der Waals surface area contributed by atoms with Crippen molar-refractivity contribution in [2.45, 2.75) is 66.7 Å². The Morgan fingerprint density at radius 3 is 2.00 bits per heavy atom. The summed E-state index contributed by atoms with van der Waals surface area (Å²) in [7, 11) is 0. The molecule has 1 aliphatic rings. The van der Waals surface area contributed by atoms with Crippen molar-refractivity contribution in [3.63, 3.8) is 0 Å². The molecule has 1 aliphatic carbocycles. The van der Waals surface area contributed by atoms with Gasteiger partial charge in [-0.1, -0.05) is 53.9 Å². The van der Waals surface area contributed by atoms with Gasteiger partial charge in [-0.25, -0.2) is 0 Å². The molecule has 0 radical (unpaired) electrons. The van der Waals surface area contributed by atoms with Crippen molar-refractivity contribution in [3.05, 3.63) is 0 Å². The van der Waals surface area contributed by atoms with Crippen LogP contribution in [0.15, 0.2) is 0 Å². The molecule has 0 aromatic heterocycles. The molecule has 0 N–H and O–H groups in total. The molecular weight excluding hydrogens is 156 g/mol. The Labute approximate surface area is 84.1 Å². The molecule has 0 heteroatoms. The molecule has 1 unspecified atom stereocenters. The van der Waals surface area contributed by atoms with Gasteiger partial charge in [0.25, 0.3) is 0 Å². The second kappa shape index (κ2) is 3.63. The molecule has 1 atom stereocenters. The summed E-state index contributed by atoms with van der Waals surface area (Å²) in [5.41, 5.74) is 1.23. The highest BCUT2D eigenvalue weighted by Crippen LogP contribution is 2.54. The molecule has 0 amide bonds. The van der Waals surface area contributed by atoms with Gasteiger partial charge in [0, 0.05) is 0 Å². The van der Waals surface area contributed by atoms with Crippen molar-refractivity contribution < 1.29 is 0 Å². The molecule has 0 bridgehead atoms. The zero-order valence-electron chi connectivity index (χ0n) is 10.1. The van der Waals surface area contributed by atoms with Gasteiger partial charge in [0.15, 0.2) is 0 Å². The van der Waals surface area contributed by atoms with Gasteiger partial charge in [-0.2, -0.15) is 0 Å². The van der Waals surface area contributed by atoms with Crippen molar-refractivity contribution in [2.75, 3.05) is 0 Å². The third-order valence-electron chi connectivity index (χ3n) is 4.99. The predicted octanol–water partition coefficient (Wildman–Crippen LogP) is 4.64. The van der Waals surface area contributed by atoms with E-state index in [0.717, 1.165) is 5.92 Å². The first-order chi connectivity index (χ1) is 5.98. The van der Waals surface area contributed by atoms with Crippen molar-refractivity contribution >= 4 is 0 Å². The molecule has 13 heavy (non-hydrogen) atoms. The van der Waals surface area contributed by atoms with Crippen LogP contribution in [0.2, 0.25) is 0 Å². The van der Waals surface area contributed by atoms with Crippen LogP contribution in [0.3, 0.4) is 0 Å². The van der Waals surface area contributed by atoms with Gasteiger partial charge in [-0.15, -0.1) is 0 Å². The topological polar surface area (TPSA) is 0 Å². The maximum absolute atomic E-state index is 2.48. The van der Waals surface area contributed by atoms with Crippen LogP contribution in [-0.2, 0) is 0 Å². The van der Waals surface area contributed by atoms with Crippen molar-refractivity contribution in [3.8, 4) is 0 Å². The minimum atomic E-state index is 0.574. The monoisotopic (exact) mass is 182 g/mol. The second-order valence-corrected chi connectivity index (χ2v) is 5.63. The van der Waals surface area contributed by atoms with Gasteiger partial charge >= 0.3 is 0 Å². The molecule has 1 fully saturated rings. The largest absolute Gasteiger partial charge is 0.0648 e. The van der Waals surface area contributed by atoms with Crippen LogP contribution in [-0.4, -0.2) is 0 Å². The molecule has 0 aromatic carbocycles. The first-order valence-corrected chi connectivity index (χ1v) is 5.98. The normalized spacial score (nSPS) is 31.6. The lowest BCUT2D eigenvalue weighted by Crippen LogP contribution is -2.41. The molecule has 0 aromatic rings. The van der Waals surface area contributed by atoms with Crippen LogP contribution in [0.5, 0.6) is 0 Å². The zero-order valence-corrected chi connectivity index (χ0v) is 10.1. The van der Waals surface area contributed by atoms with Crippen LogP contribution in [0.4, 0.5) is 0 Å². The van der Waals surface area contributed by atoms with E-state index < -0.39 is 0 Å². The van der Waals surface area contributed by atoms with Crippen LogP contribution in [0, 0.1) is 16.7 Å². The Hall–Kier alpha value is 0. The summed E-state index contributed by atoms with van der Waals surface area (Å²) >= 11 is 0. The molecule has 78 valence electrons. The molecule has 0 aliphatic heterocycles. The van der Waals surface area contributed by atoms with E-state index in [1.807, 2.05) is 0 Å². The van der Waals surface area contributed by atoms with E-state index in [0.29, 0.717) is 10.8 Å². The lowest BCUT2D eigenvalue weighted by Gasteiger charge is -2.51. The van der Waals surface area contributed by atoms with Gasteiger partial charge in [-0.05, 0) is 29.6 Å². The summed E-state index contributed by atoms with van der Waals surface area (Å²) in [4.78, 5) is 0. The summed E-state index contributed by atoms with van der Waals surface area (Å²) in [6.07, 6.45) is 7.07. The fourth-order valence-electron chi connectivity index (χ4n) is 3.37.